The molecule has 17 heavy (non-hydrogen) atoms. The molecule has 1 saturated heterocycles. The highest BCUT2D eigenvalue weighted by Crippen LogP contribution is 2.42. The smallest absolute Gasteiger partial charge is 0.164 e. The molecule has 2 aliphatic rings. The van der Waals surface area contributed by atoms with Gasteiger partial charge in [0, 0.05) is 17.9 Å². The molecule has 0 N–H and O–H groups in total. The van der Waals surface area contributed by atoms with E-state index < -0.39 is 0 Å². The molecule has 0 unspecified atom stereocenters. The summed E-state index contributed by atoms with van der Waals surface area (Å²) in [6, 6.07) is 9.87. The number of hydrogen-bond acceptors (Lipinski definition) is 2. The molecule has 0 bridgehead atoms. The number of fused-ring (bicyclic) bond motifs is 1. The second-order valence-corrected chi connectivity index (χ2v) is 4.51. The summed E-state index contributed by atoms with van der Waals surface area (Å²) in [5.41, 5.74) is 3.05. The Hall–Kier alpha value is -1.67. The van der Waals surface area contributed by atoms with Gasteiger partial charge in [0.2, 0.25) is 0 Å². The second-order valence-electron chi connectivity index (χ2n) is 4.51. The average Bonchev–Trinajstić information content (AvgIpc) is 2.87. The molecule has 2 heteroatoms. The molecule has 1 aliphatic carbocycles. The van der Waals surface area contributed by atoms with Gasteiger partial charge in [-0.15, -0.1) is 6.58 Å². The topological polar surface area (TPSA) is 26.3 Å². The summed E-state index contributed by atoms with van der Waals surface area (Å²) in [7, 11) is 0. The van der Waals surface area contributed by atoms with E-state index in [1.165, 1.54) is 0 Å². The van der Waals surface area contributed by atoms with E-state index in [1.54, 1.807) is 6.08 Å². The van der Waals surface area contributed by atoms with Crippen molar-refractivity contribution in [2.75, 3.05) is 6.61 Å². The van der Waals surface area contributed by atoms with E-state index in [0.29, 0.717) is 13.0 Å². The first-order chi connectivity index (χ1) is 8.31. The number of ketones is 1. The minimum atomic E-state index is 0.00941. The van der Waals surface area contributed by atoms with Gasteiger partial charge >= 0.3 is 0 Å². The van der Waals surface area contributed by atoms with E-state index >= 15 is 0 Å². The van der Waals surface area contributed by atoms with Crippen LogP contribution in [0.3, 0.4) is 0 Å². The second kappa shape index (κ2) is 3.97. The Morgan fingerprint density at radius 2 is 2.06 bits per heavy atom. The zero-order valence-electron chi connectivity index (χ0n) is 9.56. The number of rotatable bonds is 2. The normalized spacial score (nSPS) is 27.4. The molecule has 1 aliphatic heterocycles. The first-order valence-electron chi connectivity index (χ1n) is 5.87. The van der Waals surface area contributed by atoms with Crippen molar-refractivity contribution in [1.82, 2.24) is 0 Å². The van der Waals surface area contributed by atoms with Crippen LogP contribution in [0.4, 0.5) is 0 Å². The Bertz CT molecular complexity index is 499. The van der Waals surface area contributed by atoms with E-state index in [9.17, 15) is 4.79 Å². The summed E-state index contributed by atoms with van der Waals surface area (Å²) in [6.07, 6.45) is 2.38. The number of hydrogen-bond donors (Lipinski definition) is 0. The third kappa shape index (κ3) is 1.56. The molecule has 0 saturated carbocycles. The SMILES string of the molecule is C=C[C@@H]1OCC2=C(c3ccccc3)C(=O)C[C@H]21. The zero-order chi connectivity index (χ0) is 11.8. The van der Waals surface area contributed by atoms with Gasteiger partial charge in [0.05, 0.1) is 12.7 Å². The van der Waals surface area contributed by atoms with Crippen LogP contribution in [0.1, 0.15) is 12.0 Å². The van der Waals surface area contributed by atoms with Crippen LogP contribution in [-0.4, -0.2) is 18.5 Å². The summed E-state index contributed by atoms with van der Waals surface area (Å²) in [5, 5.41) is 0. The lowest BCUT2D eigenvalue weighted by Crippen LogP contribution is -2.13. The molecule has 0 amide bonds. The van der Waals surface area contributed by atoms with Crippen LogP contribution in [-0.2, 0) is 9.53 Å². The Balaban J connectivity index is 2.07. The van der Waals surface area contributed by atoms with E-state index in [2.05, 4.69) is 6.58 Å². The first-order valence-corrected chi connectivity index (χ1v) is 5.87. The van der Waals surface area contributed by atoms with Crippen LogP contribution in [0, 0.1) is 5.92 Å². The molecule has 1 heterocycles. The van der Waals surface area contributed by atoms with Crippen molar-refractivity contribution >= 4 is 11.4 Å². The van der Waals surface area contributed by atoms with Crippen LogP contribution in [0.15, 0.2) is 48.6 Å². The maximum atomic E-state index is 12.1. The van der Waals surface area contributed by atoms with Crippen molar-refractivity contribution < 1.29 is 9.53 Å². The maximum absolute atomic E-state index is 12.1. The lowest BCUT2D eigenvalue weighted by Gasteiger charge is -2.08. The predicted molar refractivity (Wildman–Crippen MR) is 66.4 cm³/mol. The number of Topliss-reactive ketones (excluding diaryl/α,β-unsaturated/α-hetero) is 1. The van der Waals surface area contributed by atoms with Gasteiger partial charge in [0.1, 0.15) is 0 Å². The van der Waals surface area contributed by atoms with Crippen molar-refractivity contribution in [3.63, 3.8) is 0 Å². The molecular formula is C15H14O2. The molecular weight excluding hydrogens is 212 g/mol. The summed E-state index contributed by atoms with van der Waals surface area (Å²) >= 11 is 0. The highest BCUT2D eigenvalue weighted by Gasteiger charge is 2.41. The van der Waals surface area contributed by atoms with Crippen molar-refractivity contribution in [1.29, 1.82) is 0 Å². The summed E-state index contributed by atoms with van der Waals surface area (Å²) < 4.78 is 5.64. The molecule has 2 atom stereocenters. The van der Waals surface area contributed by atoms with E-state index in [0.717, 1.165) is 16.7 Å². The quantitative estimate of drug-likeness (QED) is 0.724. The summed E-state index contributed by atoms with van der Waals surface area (Å²) in [6.45, 7) is 4.33. The fourth-order valence-electron chi connectivity index (χ4n) is 2.77. The standard InChI is InChI=1S/C15H14O2/c1-2-14-11-8-13(16)15(12(11)9-17-14)10-6-4-3-5-7-10/h2-7,11,14H,1,8-9H2/t11-,14+/m1/s1. The highest BCUT2D eigenvalue weighted by atomic mass is 16.5. The largest absolute Gasteiger partial charge is 0.369 e. The van der Waals surface area contributed by atoms with Crippen molar-refractivity contribution in [3.8, 4) is 0 Å². The van der Waals surface area contributed by atoms with Crippen LogP contribution in [0.25, 0.3) is 5.57 Å². The maximum Gasteiger partial charge on any atom is 0.164 e. The van der Waals surface area contributed by atoms with E-state index in [1.807, 2.05) is 30.3 Å². The van der Waals surface area contributed by atoms with Gasteiger partial charge in [0.25, 0.3) is 0 Å². The highest BCUT2D eigenvalue weighted by molar-refractivity contribution is 6.24. The van der Waals surface area contributed by atoms with Gasteiger partial charge in [-0.3, -0.25) is 4.79 Å². The van der Waals surface area contributed by atoms with Gasteiger partial charge in [-0.25, -0.2) is 0 Å². The average molecular weight is 226 g/mol. The first kappa shape index (κ1) is 10.5. The van der Waals surface area contributed by atoms with E-state index in [-0.39, 0.29) is 17.8 Å². The predicted octanol–water partition coefficient (Wildman–Crippen LogP) is 2.61. The summed E-state index contributed by atoms with van der Waals surface area (Å²) in [4.78, 5) is 12.1. The molecule has 0 radical (unpaired) electrons. The third-order valence-electron chi connectivity index (χ3n) is 3.58. The fourth-order valence-corrected chi connectivity index (χ4v) is 2.77. The van der Waals surface area contributed by atoms with Crippen LogP contribution >= 0.6 is 0 Å². The number of carbonyl (C=O) groups excluding carboxylic acids is 1. The molecule has 86 valence electrons. The Morgan fingerprint density at radius 1 is 1.29 bits per heavy atom. The van der Waals surface area contributed by atoms with Gasteiger partial charge in [0.15, 0.2) is 5.78 Å². The van der Waals surface area contributed by atoms with Gasteiger partial charge in [-0.05, 0) is 11.1 Å². The fraction of sp³-hybridized carbons (Fsp3) is 0.267. The van der Waals surface area contributed by atoms with Crippen LogP contribution < -0.4 is 0 Å². The van der Waals surface area contributed by atoms with Crippen molar-refractivity contribution in [2.24, 2.45) is 5.92 Å². The minimum absolute atomic E-state index is 0.00941. The molecule has 1 aromatic rings. The van der Waals surface area contributed by atoms with Crippen molar-refractivity contribution in [3.05, 3.63) is 54.1 Å². The van der Waals surface area contributed by atoms with Crippen LogP contribution in [0.2, 0.25) is 0 Å². The molecule has 0 spiro atoms. The lowest BCUT2D eigenvalue weighted by atomic mass is 9.97. The number of benzene rings is 1. The third-order valence-corrected chi connectivity index (χ3v) is 3.58. The molecule has 0 aromatic heterocycles. The molecule has 2 nitrogen and oxygen atoms in total. The minimum Gasteiger partial charge on any atom is -0.369 e. The van der Waals surface area contributed by atoms with Gasteiger partial charge in [-0.2, -0.15) is 0 Å². The monoisotopic (exact) mass is 226 g/mol. The van der Waals surface area contributed by atoms with Gasteiger partial charge in [-0.1, -0.05) is 36.4 Å². The van der Waals surface area contributed by atoms with Crippen molar-refractivity contribution in [2.45, 2.75) is 12.5 Å². The van der Waals surface area contributed by atoms with Gasteiger partial charge < -0.3 is 4.74 Å². The molecule has 1 fully saturated rings. The Morgan fingerprint density at radius 3 is 2.76 bits per heavy atom. The molecule has 3 rings (SSSR count). The lowest BCUT2D eigenvalue weighted by molar-refractivity contribution is -0.114. The Kier molecular flexibility index (Phi) is 2.45. The molecule has 1 aromatic carbocycles. The Labute approximate surface area is 101 Å². The number of carbonyl (C=O) groups is 1. The van der Waals surface area contributed by atoms with Crippen LogP contribution in [0.5, 0.6) is 0 Å². The van der Waals surface area contributed by atoms with E-state index in [4.69, 9.17) is 4.74 Å². The zero-order valence-corrected chi connectivity index (χ0v) is 9.56. The summed E-state index contributed by atoms with van der Waals surface area (Å²) in [5.74, 6) is 0.460. The number of allylic oxidation sites excluding steroid dienone is 1. The number of ether oxygens (including phenoxy) is 1.